The first-order chi connectivity index (χ1) is 14.1. The maximum atomic E-state index is 12.6. The summed E-state index contributed by atoms with van der Waals surface area (Å²) in [6.45, 7) is 0.584. The first-order valence-corrected chi connectivity index (χ1v) is 9.44. The first kappa shape index (κ1) is 20.6. The van der Waals surface area contributed by atoms with Gasteiger partial charge in [-0.2, -0.15) is 0 Å². The summed E-state index contributed by atoms with van der Waals surface area (Å²) in [7, 11) is 3.19. The zero-order valence-corrected chi connectivity index (χ0v) is 17.0. The molecule has 1 amide bonds. The molecule has 29 heavy (non-hydrogen) atoms. The standard InChI is InChI=1S/C23H22ClNO4/c1-27-20-9-5-3-7-17(20)14-25-23(26)16-11-12-21(28-2)18(13-16)15-29-22-10-6-4-8-19(22)24/h3-13H,14-15H2,1-2H3,(H,25,26). The predicted octanol–water partition coefficient (Wildman–Crippen LogP) is 4.87. The van der Waals surface area contributed by atoms with Crippen molar-refractivity contribution < 1.29 is 19.0 Å². The summed E-state index contributed by atoms with van der Waals surface area (Å²) in [6, 6.07) is 20.0. The van der Waals surface area contributed by atoms with E-state index in [0.717, 1.165) is 16.9 Å². The SMILES string of the molecule is COc1ccccc1CNC(=O)c1ccc(OC)c(COc2ccccc2Cl)c1. The molecule has 0 bridgehead atoms. The largest absolute Gasteiger partial charge is 0.496 e. The van der Waals surface area contributed by atoms with Crippen LogP contribution >= 0.6 is 11.6 Å². The number of methoxy groups -OCH3 is 2. The average Bonchev–Trinajstić information content (AvgIpc) is 2.76. The highest BCUT2D eigenvalue weighted by Crippen LogP contribution is 2.27. The minimum absolute atomic E-state index is 0.197. The molecule has 0 heterocycles. The third-order valence-corrected chi connectivity index (χ3v) is 4.71. The average molecular weight is 412 g/mol. The number of ether oxygens (including phenoxy) is 3. The van der Waals surface area contributed by atoms with Crippen molar-refractivity contribution in [1.82, 2.24) is 5.32 Å². The molecule has 0 unspecified atom stereocenters. The molecule has 3 aromatic rings. The van der Waals surface area contributed by atoms with Crippen LogP contribution in [0.25, 0.3) is 0 Å². The van der Waals surface area contributed by atoms with Crippen LogP contribution in [0.5, 0.6) is 17.2 Å². The molecule has 0 fully saturated rings. The lowest BCUT2D eigenvalue weighted by Gasteiger charge is -2.13. The third kappa shape index (κ3) is 5.21. The Morgan fingerprint density at radius 1 is 0.862 bits per heavy atom. The number of nitrogens with one attached hydrogen (secondary N) is 1. The van der Waals surface area contributed by atoms with E-state index in [1.807, 2.05) is 36.4 Å². The smallest absolute Gasteiger partial charge is 0.251 e. The molecule has 1 N–H and O–H groups in total. The van der Waals surface area contributed by atoms with E-state index in [9.17, 15) is 4.79 Å². The van der Waals surface area contributed by atoms with Crippen LogP contribution in [0.4, 0.5) is 0 Å². The summed E-state index contributed by atoms with van der Waals surface area (Å²) >= 11 is 6.14. The Morgan fingerprint density at radius 3 is 2.24 bits per heavy atom. The number of hydrogen-bond donors (Lipinski definition) is 1. The summed E-state index contributed by atoms with van der Waals surface area (Å²) in [5.41, 5.74) is 2.16. The van der Waals surface area contributed by atoms with Crippen LogP contribution in [0.1, 0.15) is 21.5 Å². The molecule has 3 aromatic carbocycles. The van der Waals surface area contributed by atoms with Gasteiger partial charge in [0.2, 0.25) is 0 Å². The van der Waals surface area contributed by atoms with E-state index in [2.05, 4.69) is 5.32 Å². The van der Waals surface area contributed by atoms with Gasteiger partial charge in [-0.3, -0.25) is 4.79 Å². The van der Waals surface area contributed by atoms with Crippen molar-refractivity contribution >= 4 is 17.5 Å². The lowest BCUT2D eigenvalue weighted by molar-refractivity contribution is 0.0950. The summed E-state index contributed by atoms with van der Waals surface area (Å²) in [4.78, 5) is 12.6. The number of hydrogen-bond acceptors (Lipinski definition) is 4. The van der Waals surface area contributed by atoms with Gasteiger partial charge in [-0.1, -0.05) is 41.9 Å². The van der Waals surface area contributed by atoms with Gasteiger partial charge in [0, 0.05) is 23.2 Å². The minimum Gasteiger partial charge on any atom is -0.496 e. The number of benzene rings is 3. The van der Waals surface area contributed by atoms with E-state index in [-0.39, 0.29) is 12.5 Å². The molecule has 3 rings (SSSR count). The van der Waals surface area contributed by atoms with Gasteiger partial charge in [-0.25, -0.2) is 0 Å². The quantitative estimate of drug-likeness (QED) is 0.574. The van der Waals surface area contributed by atoms with Crippen LogP contribution in [0.2, 0.25) is 5.02 Å². The Hall–Kier alpha value is -3.18. The summed E-state index contributed by atoms with van der Waals surface area (Å²) in [5.74, 6) is 1.74. The fourth-order valence-corrected chi connectivity index (χ4v) is 3.07. The molecule has 0 spiro atoms. The van der Waals surface area contributed by atoms with E-state index >= 15 is 0 Å². The summed E-state index contributed by atoms with van der Waals surface area (Å²) in [5, 5.41) is 3.44. The van der Waals surface area contributed by atoms with E-state index < -0.39 is 0 Å². The number of halogens is 1. The van der Waals surface area contributed by atoms with Gasteiger partial charge in [0.1, 0.15) is 23.9 Å². The van der Waals surface area contributed by atoms with Crippen molar-refractivity contribution in [3.8, 4) is 17.2 Å². The van der Waals surface area contributed by atoms with E-state index in [0.29, 0.717) is 28.6 Å². The van der Waals surface area contributed by atoms with Gasteiger partial charge in [-0.05, 0) is 36.4 Å². The maximum Gasteiger partial charge on any atom is 0.251 e. The van der Waals surface area contributed by atoms with E-state index in [1.54, 1.807) is 44.6 Å². The summed E-state index contributed by atoms with van der Waals surface area (Å²) in [6.07, 6.45) is 0. The molecule has 0 saturated heterocycles. The van der Waals surface area contributed by atoms with Crippen molar-refractivity contribution in [2.75, 3.05) is 14.2 Å². The molecule has 0 aliphatic carbocycles. The van der Waals surface area contributed by atoms with Gasteiger partial charge in [0.25, 0.3) is 5.91 Å². The Morgan fingerprint density at radius 2 is 1.52 bits per heavy atom. The highest BCUT2D eigenvalue weighted by molar-refractivity contribution is 6.32. The lowest BCUT2D eigenvalue weighted by atomic mass is 10.1. The zero-order valence-electron chi connectivity index (χ0n) is 16.3. The molecule has 0 aliphatic heterocycles. The topological polar surface area (TPSA) is 56.8 Å². The van der Waals surface area contributed by atoms with Gasteiger partial charge in [0.15, 0.2) is 0 Å². The Labute approximate surface area is 175 Å². The van der Waals surface area contributed by atoms with Crippen LogP contribution < -0.4 is 19.5 Å². The van der Waals surface area contributed by atoms with Crippen LogP contribution in [0, 0.1) is 0 Å². The highest BCUT2D eigenvalue weighted by Gasteiger charge is 2.12. The first-order valence-electron chi connectivity index (χ1n) is 9.06. The molecule has 6 heteroatoms. The molecule has 5 nitrogen and oxygen atoms in total. The molecule has 0 saturated carbocycles. The van der Waals surface area contributed by atoms with E-state index in [4.69, 9.17) is 25.8 Å². The Balaban J connectivity index is 1.71. The van der Waals surface area contributed by atoms with Crippen LogP contribution in [0.15, 0.2) is 66.7 Å². The molecular weight excluding hydrogens is 390 g/mol. The van der Waals surface area contributed by atoms with Gasteiger partial charge >= 0.3 is 0 Å². The zero-order chi connectivity index (χ0) is 20.6. The van der Waals surface area contributed by atoms with Crippen molar-refractivity contribution in [1.29, 1.82) is 0 Å². The molecular formula is C23H22ClNO4. The molecule has 150 valence electrons. The monoisotopic (exact) mass is 411 g/mol. The third-order valence-electron chi connectivity index (χ3n) is 4.39. The highest BCUT2D eigenvalue weighted by atomic mass is 35.5. The second-order valence-corrected chi connectivity index (χ2v) is 6.65. The second kappa shape index (κ2) is 9.85. The summed E-state index contributed by atoms with van der Waals surface area (Å²) < 4.78 is 16.5. The fraction of sp³-hybridized carbons (Fsp3) is 0.174. The maximum absolute atomic E-state index is 12.6. The van der Waals surface area contributed by atoms with Crippen molar-refractivity contribution in [2.24, 2.45) is 0 Å². The molecule has 0 atom stereocenters. The lowest BCUT2D eigenvalue weighted by Crippen LogP contribution is -2.23. The van der Waals surface area contributed by atoms with Crippen LogP contribution in [-0.2, 0) is 13.2 Å². The number of carbonyl (C=O) groups is 1. The minimum atomic E-state index is -0.197. The van der Waals surface area contributed by atoms with Crippen LogP contribution in [0.3, 0.4) is 0 Å². The van der Waals surface area contributed by atoms with Gasteiger partial charge < -0.3 is 19.5 Å². The Bertz CT molecular complexity index is 990. The van der Waals surface area contributed by atoms with Crippen LogP contribution in [-0.4, -0.2) is 20.1 Å². The van der Waals surface area contributed by atoms with Crippen molar-refractivity contribution in [3.05, 3.63) is 88.4 Å². The molecule has 0 aliphatic rings. The molecule has 0 radical (unpaired) electrons. The van der Waals surface area contributed by atoms with Gasteiger partial charge in [-0.15, -0.1) is 0 Å². The van der Waals surface area contributed by atoms with E-state index in [1.165, 1.54) is 0 Å². The van der Waals surface area contributed by atoms with Gasteiger partial charge in [0.05, 0.1) is 19.2 Å². The van der Waals surface area contributed by atoms with Crippen molar-refractivity contribution in [3.63, 3.8) is 0 Å². The Kier molecular flexibility index (Phi) is 6.98. The number of rotatable bonds is 8. The van der Waals surface area contributed by atoms with Crippen molar-refractivity contribution in [2.45, 2.75) is 13.2 Å². The molecule has 0 aromatic heterocycles. The second-order valence-electron chi connectivity index (χ2n) is 6.24. The number of carbonyl (C=O) groups excluding carboxylic acids is 1. The number of amides is 1. The normalized spacial score (nSPS) is 10.3. The predicted molar refractivity (Wildman–Crippen MR) is 113 cm³/mol. The fourth-order valence-electron chi connectivity index (χ4n) is 2.88. The number of para-hydroxylation sites is 2.